The number of esters is 1. The molecule has 3 heterocycles. The predicted octanol–water partition coefficient (Wildman–Crippen LogP) is 4.32. The van der Waals surface area contributed by atoms with Gasteiger partial charge < -0.3 is 20.1 Å². The number of pyridine rings is 1. The molecule has 274 valence electrons. The van der Waals surface area contributed by atoms with E-state index in [1.54, 1.807) is 24.8 Å². The molecule has 1 fully saturated rings. The lowest BCUT2D eigenvalue weighted by molar-refractivity contribution is -0.144. The third-order valence-corrected chi connectivity index (χ3v) is 10.3. The van der Waals surface area contributed by atoms with Crippen LogP contribution in [0, 0.1) is 12.8 Å². The number of hydrogen-bond acceptors (Lipinski definition) is 9. The highest BCUT2D eigenvalue weighted by molar-refractivity contribution is 7.89. The zero-order valence-corrected chi connectivity index (χ0v) is 31.0. The first-order valence-electron chi connectivity index (χ1n) is 17.0. The highest BCUT2D eigenvalue weighted by atomic mass is 35.5. The second-order valence-corrected chi connectivity index (χ2v) is 16.1. The van der Waals surface area contributed by atoms with Crippen molar-refractivity contribution in [2.45, 2.75) is 96.1 Å². The fourth-order valence-corrected chi connectivity index (χ4v) is 7.76. The maximum absolute atomic E-state index is 13.0. The van der Waals surface area contributed by atoms with Crippen LogP contribution in [0.3, 0.4) is 0 Å². The summed E-state index contributed by atoms with van der Waals surface area (Å²) in [6.45, 7) is 9.59. The molecule has 1 saturated heterocycles. The number of hydrogen-bond donors (Lipinski definition) is 2. The van der Waals surface area contributed by atoms with Crippen LogP contribution in [-0.2, 0) is 46.7 Å². The Morgan fingerprint density at radius 2 is 1.84 bits per heavy atom. The van der Waals surface area contributed by atoms with Crippen molar-refractivity contribution in [1.29, 1.82) is 0 Å². The molecule has 1 aromatic carbocycles. The molecule has 0 radical (unpaired) electrons. The number of fused-ring (bicyclic) bond motifs is 1. The van der Waals surface area contributed by atoms with Crippen molar-refractivity contribution in [1.82, 2.24) is 19.9 Å². The van der Waals surface area contributed by atoms with Gasteiger partial charge in [0, 0.05) is 43.3 Å². The Hall–Kier alpha value is -3.75. The summed E-state index contributed by atoms with van der Waals surface area (Å²) in [7, 11) is -3.82. The molecule has 0 aliphatic carbocycles. The summed E-state index contributed by atoms with van der Waals surface area (Å²) >= 11 is 6.05. The first-order chi connectivity index (χ1) is 23.5. The molecule has 1 atom stereocenters. The number of nitrogens with one attached hydrogen (secondary N) is 2. The van der Waals surface area contributed by atoms with Crippen molar-refractivity contribution < 1.29 is 37.1 Å². The minimum atomic E-state index is -3.82. The maximum atomic E-state index is 13.0. The molecule has 2 aliphatic heterocycles. The Balaban J connectivity index is 1.24. The summed E-state index contributed by atoms with van der Waals surface area (Å²) in [5.41, 5.74) is 1.91. The van der Waals surface area contributed by atoms with E-state index in [1.165, 1.54) is 16.4 Å². The average Bonchev–Trinajstić information content (AvgIpc) is 2.99. The molecule has 1 unspecified atom stereocenters. The van der Waals surface area contributed by atoms with E-state index in [1.807, 2.05) is 32.9 Å². The molecule has 50 heavy (non-hydrogen) atoms. The average molecular weight is 734 g/mol. The van der Waals surface area contributed by atoms with E-state index in [9.17, 15) is 27.6 Å². The van der Waals surface area contributed by atoms with Crippen LogP contribution in [0.4, 0.5) is 10.6 Å². The van der Waals surface area contributed by atoms with Crippen molar-refractivity contribution in [3.05, 3.63) is 52.2 Å². The molecule has 1 aromatic heterocycles. The third kappa shape index (κ3) is 10.9. The number of sulfonamides is 1. The minimum Gasteiger partial charge on any atom is -0.466 e. The van der Waals surface area contributed by atoms with Crippen LogP contribution in [0.2, 0.25) is 5.02 Å². The molecular weight excluding hydrogens is 686 g/mol. The smallest absolute Gasteiger partial charge is 0.416 e. The third-order valence-electron chi connectivity index (χ3n) is 8.28. The van der Waals surface area contributed by atoms with Crippen molar-refractivity contribution in [2.75, 3.05) is 37.7 Å². The summed E-state index contributed by atoms with van der Waals surface area (Å²) in [6.07, 6.45) is 3.22. The summed E-state index contributed by atoms with van der Waals surface area (Å²) in [5, 5.41) is 5.89. The van der Waals surface area contributed by atoms with Gasteiger partial charge in [0.25, 0.3) is 0 Å². The fourth-order valence-electron chi connectivity index (χ4n) is 5.75. The lowest BCUT2D eigenvalue weighted by Gasteiger charge is -2.37. The Morgan fingerprint density at radius 1 is 1.10 bits per heavy atom. The number of carbonyl (C=O) groups is 4. The number of nitrogens with zero attached hydrogens (tertiary/aromatic N) is 3. The van der Waals surface area contributed by atoms with Crippen LogP contribution < -0.4 is 15.5 Å². The summed E-state index contributed by atoms with van der Waals surface area (Å²) in [5.74, 6) is -1.16. The molecule has 4 rings (SSSR count). The minimum absolute atomic E-state index is 0.00674. The number of halogens is 1. The van der Waals surface area contributed by atoms with Gasteiger partial charge in [0.05, 0.1) is 29.9 Å². The van der Waals surface area contributed by atoms with Gasteiger partial charge in [-0.3, -0.25) is 19.3 Å². The molecule has 3 amide bonds. The number of carbonyl (C=O) groups excluding carboxylic acids is 4. The van der Waals surface area contributed by atoms with E-state index < -0.39 is 45.6 Å². The van der Waals surface area contributed by atoms with Crippen LogP contribution in [0.15, 0.2) is 35.2 Å². The van der Waals surface area contributed by atoms with E-state index in [0.29, 0.717) is 42.2 Å². The van der Waals surface area contributed by atoms with E-state index in [-0.39, 0.29) is 49.9 Å². The lowest BCUT2D eigenvalue weighted by atomic mass is 10.0. The standard InChI is InChI=1S/C35H48ClN5O8S/c1-6-48-31(43)19-28(39-33(44)25-21-40(22-25)50(46,47)29-17-23(2)16-26(36)18-29)20-37-30(42)12-8-7-11-27-14-13-24-10-9-15-41(32(24)38-27)34(45)49-35(3,4)5/h13-14,16-18,25,28H,6-12,15,19-22H2,1-5H3,(H,37,42)(H,39,44). The molecule has 0 spiro atoms. The fraction of sp³-hybridized carbons (Fsp3) is 0.571. The van der Waals surface area contributed by atoms with Crippen LogP contribution in [0.5, 0.6) is 0 Å². The van der Waals surface area contributed by atoms with E-state index >= 15 is 0 Å². The Bertz CT molecular complexity index is 1650. The Labute approximate surface area is 299 Å². The number of benzene rings is 1. The lowest BCUT2D eigenvalue weighted by Crippen LogP contribution is -2.57. The van der Waals surface area contributed by atoms with Crippen molar-refractivity contribution >= 4 is 51.3 Å². The molecule has 0 bridgehead atoms. The van der Waals surface area contributed by atoms with Gasteiger partial charge in [0.1, 0.15) is 11.4 Å². The molecule has 2 aliphatic rings. The number of ether oxygens (including phenoxy) is 2. The van der Waals surface area contributed by atoms with Gasteiger partial charge in [-0.15, -0.1) is 0 Å². The summed E-state index contributed by atoms with van der Waals surface area (Å²) < 4.78 is 37.9. The van der Waals surface area contributed by atoms with Crippen molar-refractivity contribution in [3.8, 4) is 0 Å². The zero-order chi connectivity index (χ0) is 36.6. The second-order valence-electron chi connectivity index (χ2n) is 13.7. The topological polar surface area (TPSA) is 164 Å². The highest BCUT2D eigenvalue weighted by Crippen LogP contribution is 2.29. The normalized spacial score (nSPS) is 15.8. The van der Waals surface area contributed by atoms with Crippen LogP contribution in [0.25, 0.3) is 0 Å². The van der Waals surface area contributed by atoms with Gasteiger partial charge in [0.15, 0.2) is 0 Å². The highest BCUT2D eigenvalue weighted by Gasteiger charge is 2.41. The largest absolute Gasteiger partial charge is 0.466 e. The van der Waals surface area contributed by atoms with Gasteiger partial charge in [0.2, 0.25) is 21.8 Å². The molecule has 15 heteroatoms. The summed E-state index contributed by atoms with van der Waals surface area (Å²) in [6, 6.07) is 7.78. The number of rotatable bonds is 14. The van der Waals surface area contributed by atoms with Gasteiger partial charge in [-0.1, -0.05) is 17.7 Å². The van der Waals surface area contributed by atoms with E-state index in [4.69, 9.17) is 26.1 Å². The van der Waals surface area contributed by atoms with Gasteiger partial charge in [-0.25, -0.2) is 18.2 Å². The number of aromatic nitrogens is 1. The molecule has 13 nitrogen and oxygen atoms in total. The van der Waals surface area contributed by atoms with Gasteiger partial charge in [-0.05, 0) is 102 Å². The first-order valence-corrected chi connectivity index (χ1v) is 18.9. The molecule has 0 saturated carbocycles. The van der Waals surface area contributed by atoms with Crippen molar-refractivity contribution in [2.24, 2.45) is 5.92 Å². The van der Waals surface area contributed by atoms with Crippen LogP contribution >= 0.6 is 11.6 Å². The number of anilines is 1. The number of unbranched alkanes of at least 4 members (excludes halogenated alkanes) is 1. The second kappa shape index (κ2) is 17.0. The monoisotopic (exact) mass is 733 g/mol. The van der Waals surface area contributed by atoms with E-state index in [0.717, 1.165) is 24.1 Å². The quantitative estimate of drug-likeness (QED) is 0.213. The Morgan fingerprint density at radius 3 is 2.52 bits per heavy atom. The predicted molar refractivity (Wildman–Crippen MR) is 188 cm³/mol. The Kier molecular flexibility index (Phi) is 13.3. The van der Waals surface area contributed by atoms with Gasteiger partial charge in [-0.2, -0.15) is 4.31 Å². The van der Waals surface area contributed by atoms with Crippen molar-refractivity contribution in [3.63, 3.8) is 0 Å². The molecular formula is C35H48ClN5O8S. The number of amides is 3. The molecule has 2 N–H and O–H groups in total. The zero-order valence-electron chi connectivity index (χ0n) is 29.4. The summed E-state index contributed by atoms with van der Waals surface area (Å²) in [4.78, 5) is 57.2. The van der Waals surface area contributed by atoms with Crippen LogP contribution in [0.1, 0.15) is 76.6 Å². The molecule has 2 aromatic rings. The SMILES string of the molecule is CCOC(=O)CC(CNC(=O)CCCCc1ccc2c(n1)N(C(=O)OC(C)(C)C)CCC2)NC(=O)C1CN(S(=O)(=O)c2cc(C)cc(Cl)c2)C1. The van der Waals surface area contributed by atoms with Gasteiger partial charge >= 0.3 is 12.1 Å². The first kappa shape index (κ1) is 39.0. The van der Waals surface area contributed by atoms with E-state index in [2.05, 4.69) is 10.6 Å². The maximum Gasteiger partial charge on any atom is 0.416 e. The number of aryl methyl sites for hydroxylation is 3. The van der Waals surface area contributed by atoms with Crippen LogP contribution in [-0.4, -0.2) is 86.0 Å².